The largest absolute Gasteiger partial charge is 0.490 e. The van der Waals surface area contributed by atoms with Crippen molar-refractivity contribution in [3.8, 4) is 23.1 Å². The van der Waals surface area contributed by atoms with Crippen LogP contribution in [0, 0.1) is 3.57 Å². The molecular weight excluding hydrogens is 661 g/mol. The van der Waals surface area contributed by atoms with Crippen LogP contribution in [0.3, 0.4) is 0 Å². The van der Waals surface area contributed by atoms with Gasteiger partial charge in [0.2, 0.25) is 5.82 Å². The molecule has 5 rings (SSSR count). The van der Waals surface area contributed by atoms with Crippen LogP contribution >= 0.6 is 38.5 Å². The van der Waals surface area contributed by atoms with Gasteiger partial charge in [-0.3, -0.25) is 4.79 Å². The second-order valence-corrected chi connectivity index (χ2v) is 10.8. The summed E-state index contributed by atoms with van der Waals surface area (Å²) in [6.45, 7) is 6.53. The molecule has 0 amide bonds. The lowest BCUT2D eigenvalue weighted by Gasteiger charge is -2.18. The minimum Gasteiger partial charge on any atom is -0.490 e. The number of benzene rings is 3. The lowest BCUT2D eigenvalue weighted by molar-refractivity contribution is 0.201. The SMILES string of the molecule is CCOc1cc(C=Nn2c(-c3cc4cc(Br)ccc4o3)nc3ccccc3c2=O)cc(I)c1O[C@@H](C)CC. The average molecular weight is 686 g/mol. The molecule has 0 aliphatic rings. The molecule has 9 heteroatoms. The molecule has 7 nitrogen and oxygen atoms in total. The van der Waals surface area contributed by atoms with Crippen molar-refractivity contribution in [2.75, 3.05) is 6.61 Å². The van der Waals surface area contributed by atoms with Gasteiger partial charge in [-0.15, -0.1) is 0 Å². The molecule has 1 atom stereocenters. The number of aromatic nitrogens is 2. The molecular formula is C29H25BrIN3O4. The second kappa shape index (κ2) is 11.3. The van der Waals surface area contributed by atoms with Gasteiger partial charge in [-0.05, 0) is 97.0 Å². The summed E-state index contributed by atoms with van der Waals surface area (Å²) in [5.41, 5.74) is 1.73. The molecule has 2 heterocycles. The first kappa shape index (κ1) is 26.4. The summed E-state index contributed by atoms with van der Waals surface area (Å²) in [6.07, 6.45) is 2.55. The average Bonchev–Trinajstić information content (AvgIpc) is 3.33. The first-order chi connectivity index (χ1) is 18.4. The number of fused-ring (bicyclic) bond motifs is 2. The van der Waals surface area contributed by atoms with Crippen LogP contribution in [-0.4, -0.2) is 28.6 Å². The molecule has 194 valence electrons. The van der Waals surface area contributed by atoms with E-state index in [1.807, 2.05) is 62.4 Å². The predicted molar refractivity (Wildman–Crippen MR) is 163 cm³/mol. The smallest absolute Gasteiger partial charge is 0.282 e. The molecule has 2 aromatic heterocycles. The normalized spacial score (nSPS) is 12.4. The monoisotopic (exact) mass is 685 g/mol. The summed E-state index contributed by atoms with van der Waals surface area (Å²) in [7, 11) is 0. The minimum absolute atomic E-state index is 0.0523. The summed E-state index contributed by atoms with van der Waals surface area (Å²) >= 11 is 5.73. The maximum absolute atomic E-state index is 13.6. The van der Waals surface area contributed by atoms with Crippen LogP contribution in [0.4, 0.5) is 0 Å². The number of hydrogen-bond donors (Lipinski definition) is 0. The third kappa shape index (κ3) is 5.35. The Morgan fingerprint density at radius 2 is 1.97 bits per heavy atom. The number of hydrogen-bond acceptors (Lipinski definition) is 6. The molecule has 0 bridgehead atoms. The molecule has 0 aliphatic carbocycles. The Kier molecular flexibility index (Phi) is 7.85. The fraction of sp³-hybridized carbons (Fsp3) is 0.207. The Morgan fingerprint density at radius 3 is 2.76 bits per heavy atom. The molecule has 3 aromatic carbocycles. The quantitative estimate of drug-likeness (QED) is 0.124. The highest BCUT2D eigenvalue weighted by atomic mass is 127. The molecule has 0 saturated heterocycles. The molecule has 0 saturated carbocycles. The van der Waals surface area contributed by atoms with Crippen LogP contribution in [0.25, 0.3) is 33.5 Å². The number of nitrogens with zero attached hydrogens (tertiary/aromatic N) is 3. The Balaban J connectivity index is 1.64. The van der Waals surface area contributed by atoms with Gasteiger partial charge in [0.1, 0.15) is 5.58 Å². The summed E-state index contributed by atoms with van der Waals surface area (Å²) in [5.74, 6) is 2.10. The third-order valence-electron chi connectivity index (χ3n) is 6.00. The molecule has 0 fully saturated rings. The highest BCUT2D eigenvalue weighted by Gasteiger charge is 2.18. The van der Waals surface area contributed by atoms with Crippen molar-refractivity contribution in [3.05, 3.63) is 84.6 Å². The fourth-order valence-corrected chi connectivity index (χ4v) is 5.09. The van der Waals surface area contributed by atoms with Gasteiger partial charge in [-0.1, -0.05) is 35.0 Å². The van der Waals surface area contributed by atoms with E-state index in [2.05, 4.69) is 50.5 Å². The molecule has 0 N–H and O–H groups in total. The van der Waals surface area contributed by atoms with Crippen LogP contribution < -0.4 is 15.0 Å². The first-order valence-corrected chi connectivity index (χ1v) is 14.1. The summed E-state index contributed by atoms with van der Waals surface area (Å²) in [5, 5.41) is 5.94. The Labute approximate surface area is 241 Å². The van der Waals surface area contributed by atoms with E-state index in [9.17, 15) is 4.79 Å². The lowest BCUT2D eigenvalue weighted by Crippen LogP contribution is -2.20. The van der Waals surface area contributed by atoms with Crippen molar-refractivity contribution in [1.29, 1.82) is 0 Å². The van der Waals surface area contributed by atoms with Gasteiger partial charge >= 0.3 is 0 Å². The molecule has 0 radical (unpaired) electrons. The number of furan rings is 1. The van der Waals surface area contributed by atoms with Crippen molar-refractivity contribution < 1.29 is 13.9 Å². The van der Waals surface area contributed by atoms with E-state index >= 15 is 0 Å². The zero-order valence-electron chi connectivity index (χ0n) is 21.1. The Bertz CT molecular complexity index is 1730. The van der Waals surface area contributed by atoms with E-state index in [0.29, 0.717) is 46.2 Å². The van der Waals surface area contributed by atoms with Crippen LogP contribution in [0.5, 0.6) is 11.5 Å². The van der Waals surface area contributed by atoms with Gasteiger partial charge in [0.25, 0.3) is 5.56 Å². The van der Waals surface area contributed by atoms with E-state index in [1.165, 1.54) is 4.68 Å². The number of halogens is 2. The van der Waals surface area contributed by atoms with Gasteiger partial charge < -0.3 is 13.9 Å². The van der Waals surface area contributed by atoms with E-state index < -0.39 is 0 Å². The van der Waals surface area contributed by atoms with Crippen molar-refractivity contribution in [3.63, 3.8) is 0 Å². The highest BCUT2D eigenvalue weighted by Crippen LogP contribution is 2.35. The van der Waals surface area contributed by atoms with Gasteiger partial charge in [-0.2, -0.15) is 9.78 Å². The van der Waals surface area contributed by atoms with E-state index in [1.54, 1.807) is 18.3 Å². The third-order valence-corrected chi connectivity index (χ3v) is 7.30. The number of rotatable bonds is 8. The molecule has 0 spiro atoms. The summed E-state index contributed by atoms with van der Waals surface area (Å²) in [4.78, 5) is 18.3. The topological polar surface area (TPSA) is 78.9 Å². The zero-order chi connectivity index (χ0) is 26.8. The first-order valence-electron chi connectivity index (χ1n) is 12.3. The fourth-order valence-electron chi connectivity index (χ4n) is 3.96. The maximum atomic E-state index is 13.6. The van der Waals surface area contributed by atoms with E-state index in [0.717, 1.165) is 25.4 Å². The maximum Gasteiger partial charge on any atom is 0.282 e. The van der Waals surface area contributed by atoms with Crippen molar-refractivity contribution in [1.82, 2.24) is 9.66 Å². The molecule has 38 heavy (non-hydrogen) atoms. The number of para-hydroxylation sites is 1. The molecule has 0 aliphatic heterocycles. The van der Waals surface area contributed by atoms with Crippen molar-refractivity contribution in [2.45, 2.75) is 33.3 Å². The predicted octanol–water partition coefficient (Wildman–Crippen LogP) is 7.64. The van der Waals surface area contributed by atoms with Gasteiger partial charge in [-0.25, -0.2) is 4.98 Å². The molecule has 5 aromatic rings. The highest BCUT2D eigenvalue weighted by molar-refractivity contribution is 14.1. The Morgan fingerprint density at radius 1 is 1.16 bits per heavy atom. The lowest BCUT2D eigenvalue weighted by atomic mass is 10.2. The van der Waals surface area contributed by atoms with Gasteiger partial charge in [0.15, 0.2) is 17.3 Å². The van der Waals surface area contributed by atoms with Gasteiger partial charge in [0.05, 0.1) is 33.4 Å². The zero-order valence-corrected chi connectivity index (χ0v) is 24.8. The second-order valence-electron chi connectivity index (χ2n) is 8.71. The minimum atomic E-state index is -0.292. The Hall–Kier alpha value is -3.18. The summed E-state index contributed by atoms with van der Waals surface area (Å²) < 4.78 is 21.2. The summed E-state index contributed by atoms with van der Waals surface area (Å²) in [6, 6.07) is 18.6. The number of ether oxygens (including phenoxy) is 2. The van der Waals surface area contributed by atoms with Crippen LogP contribution in [-0.2, 0) is 0 Å². The van der Waals surface area contributed by atoms with E-state index in [-0.39, 0.29) is 11.7 Å². The van der Waals surface area contributed by atoms with Gasteiger partial charge in [0, 0.05) is 9.86 Å². The van der Waals surface area contributed by atoms with Crippen LogP contribution in [0.15, 0.2) is 79.4 Å². The van der Waals surface area contributed by atoms with Crippen molar-refractivity contribution in [2.24, 2.45) is 5.10 Å². The van der Waals surface area contributed by atoms with E-state index in [4.69, 9.17) is 18.9 Å². The van der Waals surface area contributed by atoms with Crippen molar-refractivity contribution >= 4 is 66.6 Å². The van der Waals surface area contributed by atoms with Crippen LogP contribution in [0.2, 0.25) is 0 Å². The molecule has 0 unspecified atom stereocenters. The standard InChI is InChI=1S/C29H25BrIN3O4/c1-4-17(3)37-27-22(31)12-18(13-25(27)36-5-2)16-32-34-28(33-23-9-7-6-8-21(23)29(34)35)26-15-19-14-20(30)10-11-24(19)38-26/h6-17H,4-5H2,1-3H3/t17-/m0/s1. The van der Waals surface area contributed by atoms with Crippen LogP contribution in [0.1, 0.15) is 32.8 Å².